The van der Waals surface area contributed by atoms with Crippen molar-refractivity contribution in [2.45, 2.75) is 49.8 Å². The van der Waals surface area contributed by atoms with E-state index >= 15 is 0 Å². The zero-order valence-electron chi connectivity index (χ0n) is 10.6. The number of aliphatic carboxylic acids is 1. The molecule has 2 N–H and O–H groups in total. The van der Waals surface area contributed by atoms with Gasteiger partial charge in [0.25, 0.3) is 0 Å². The maximum atomic E-state index is 11.0. The van der Waals surface area contributed by atoms with Crippen LogP contribution in [0.3, 0.4) is 0 Å². The molecule has 3 saturated heterocycles. The average molecular weight is 255 g/mol. The molecule has 0 aliphatic carbocycles. The SMILES string of the molecule is O=C(O)C1CCC(C2CCOC3(CCOC3)C2)N1. The number of carboxylic acid groups (broad SMARTS) is 1. The lowest BCUT2D eigenvalue weighted by atomic mass is 9.81. The van der Waals surface area contributed by atoms with Crippen LogP contribution in [0.25, 0.3) is 0 Å². The fourth-order valence-corrected chi connectivity index (χ4v) is 3.61. The van der Waals surface area contributed by atoms with Gasteiger partial charge in [-0.25, -0.2) is 0 Å². The van der Waals surface area contributed by atoms with Crippen LogP contribution in [0.5, 0.6) is 0 Å². The molecule has 3 aliphatic heterocycles. The first-order valence-electron chi connectivity index (χ1n) is 6.89. The second-order valence-electron chi connectivity index (χ2n) is 5.83. The van der Waals surface area contributed by atoms with Gasteiger partial charge in [-0.1, -0.05) is 0 Å². The van der Waals surface area contributed by atoms with E-state index in [4.69, 9.17) is 14.6 Å². The Balaban J connectivity index is 1.61. The number of carboxylic acids is 1. The van der Waals surface area contributed by atoms with Gasteiger partial charge in [0.2, 0.25) is 0 Å². The highest BCUT2D eigenvalue weighted by Gasteiger charge is 2.44. The summed E-state index contributed by atoms with van der Waals surface area (Å²) in [6, 6.07) is -0.0129. The molecule has 4 unspecified atom stereocenters. The molecule has 3 rings (SSSR count). The summed E-state index contributed by atoms with van der Waals surface area (Å²) in [6.45, 7) is 2.28. The average Bonchev–Trinajstić information content (AvgIpc) is 2.98. The van der Waals surface area contributed by atoms with Crippen LogP contribution in [-0.4, -0.2) is 48.6 Å². The Morgan fingerprint density at radius 2 is 2.17 bits per heavy atom. The van der Waals surface area contributed by atoms with E-state index in [0.717, 1.165) is 45.3 Å². The number of hydrogen-bond donors (Lipinski definition) is 2. The molecule has 3 aliphatic rings. The molecule has 0 aromatic heterocycles. The summed E-state index contributed by atoms with van der Waals surface area (Å²) in [7, 11) is 0. The van der Waals surface area contributed by atoms with Gasteiger partial charge in [0.1, 0.15) is 6.04 Å². The molecule has 5 heteroatoms. The Morgan fingerprint density at radius 3 is 2.83 bits per heavy atom. The highest BCUT2D eigenvalue weighted by atomic mass is 16.6. The summed E-state index contributed by atoms with van der Waals surface area (Å²) in [6.07, 6.45) is 4.75. The van der Waals surface area contributed by atoms with E-state index in [-0.39, 0.29) is 11.6 Å². The van der Waals surface area contributed by atoms with Crippen LogP contribution in [0.4, 0.5) is 0 Å². The maximum absolute atomic E-state index is 11.0. The van der Waals surface area contributed by atoms with Crippen molar-refractivity contribution in [3.05, 3.63) is 0 Å². The zero-order valence-corrected chi connectivity index (χ0v) is 10.6. The Morgan fingerprint density at radius 1 is 1.28 bits per heavy atom. The van der Waals surface area contributed by atoms with Crippen LogP contribution in [0.15, 0.2) is 0 Å². The molecule has 3 heterocycles. The molecule has 1 spiro atoms. The van der Waals surface area contributed by atoms with E-state index in [1.165, 1.54) is 0 Å². The molecule has 0 aromatic carbocycles. The minimum absolute atomic E-state index is 0.0775. The van der Waals surface area contributed by atoms with Crippen molar-refractivity contribution in [2.24, 2.45) is 5.92 Å². The van der Waals surface area contributed by atoms with Gasteiger partial charge in [0.05, 0.1) is 12.2 Å². The quantitative estimate of drug-likeness (QED) is 0.763. The standard InChI is InChI=1S/C13H21NO4/c15-12(16)11-2-1-10(14-11)9-3-5-18-13(7-9)4-6-17-8-13/h9-11,14H,1-8H2,(H,15,16). The first kappa shape index (κ1) is 12.4. The smallest absolute Gasteiger partial charge is 0.320 e. The van der Waals surface area contributed by atoms with Crippen LogP contribution in [0.2, 0.25) is 0 Å². The first-order chi connectivity index (χ1) is 8.69. The summed E-state index contributed by atoms with van der Waals surface area (Å²) in [5, 5.41) is 12.3. The molecule has 3 fully saturated rings. The molecule has 0 amide bonds. The Labute approximate surface area is 107 Å². The second-order valence-corrected chi connectivity index (χ2v) is 5.83. The molecule has 0 saturated carbocycles. The van der Waals surface area contributed by atoms with Gasteiger partial charge in [0, 0.05) is 25.7 Å². The largest absolute Gasteiger partial charge is 0.480 e. The molecule has 4 atom stereocenters. The van der Waals surface area contributed by atoms with Crippen molar-refractivity contribution in [2.75, 3.05) is 19.8 Å². The van der Waals surface area contributed by atoms with Crippen molar-refractivity contribution >= 4 is 5.97 Å². The third-order valence-electron chi connectivity index (χ3n) is 4.65. The molecule has 0 radical (unpaired) electrons. The van der Waals surface area contributed by atoms with E-state index in [0.29, 0.717) is 18.6 Å². The Kier molecular flexibility index (Phi) is 3.30. The predicted molar refractivity (Wildman–Crippen MR) is 64.4 cm³/mol. The third kappa shape index (κ3) is 2.27. The normalized spacial score (nSPS) is 44.6. The lowest BCUT2D eigenvalue weighted by Gasteiger charge is -2.39. The number of ether oxygens (including phenoxy) is 2. The molecule has 18 heavy (non-hydrogen) atoms. The summed E-state index contributed by atoms with van der Waals surface area (Å²) in [5.74, 6) is -0.187. The summed E-state index contributed by atoms with van der Waals surface area (Å²) in [5.41, 5.74) is -0.0775. The van der Waals surface area contributed by atoms with Crippen molar-refractivity contribution < 1.29 is 19.4 Å². The van der Waals surface area contributed by atoms with Gasteiger partial charge in [0.15, 0.2) is 0 Å². The lowest BCUT2D eigenvalue weighted by molar-refractivity contribution is -0.139. The Hall–Kier alpha value is -0.650. The van der Waals surface area contributed by atoms with E-state index in [9.17, 15) is 4.79 Å². The second kappa shape index (κ2) is 4.79. The number of hydrogen-bond acceptors (Lipinski definition) is 4. The van der Waals surface area contributed by atoms with E-state index in [1.807, 2.05) is 0 Å². The van der Waals surface area contributed by atoms with Gasteiger partial charge in [-0.05, 0) is 31.6 Å². The highest BCUT2D eigenvalue weighted by molar-refractivity contribution is 5.73. The molecule has 0 aromatic rings. The van der Waals surface area contributed by atoms with Gasteiger partial charge in [-0.15, -0.1) is 0 Å². The predicted octanol–water partition coefficient (Wildman–Crippen LogP) is 0.777. The minimum Gasteiger partial charge on any atom is -0.480 e. The number of carbonyl (C=O) groups is 1. The highest BCUT2D eigenvalue weighted by Crippen LogP contribution is 2.39. The zero-order chi connectivity index (χ0) is 12.6. The molecular formula is C13H21NO4. The molecular weight excluding hydrogens is 234 g/mol. The van der Waals surface area contributed by atoms with Gasteiger partial charge < -0.3 is 19.9 Å². The number of rotatable bonds is 2. The minimum atomic E-state index is -0.719. The van der Waals surface area contributed by atoms with E-state index in [1.54, 1.807) is 0 Å². The maximum Gasteiger partial charge on any atom is 0.320 e. The van der Waals surface area contributed by atoms with E-state index < -0.39 is 5.97 Å². The molecule has 5 nitrogen and oxygen atoms in total. The van der Waals surface area contributed by atoms with Gasteiger partial charge in [-0.3, -0.25) is 4.79 Å². The summed E-state index contributed by atoms with van der Waals surface area (Å²) >= 11 is 0. The van der Waals surface area contributed by atoms with Crippen LogP contribution in [-0.2, 0) is 14.3 Å². The lowest BCUT2D eigenvalue weighted by Crippen LogP contribution is -2.47. The summed E-state index contributed by atoms with van der Waals surface area (Å²) in [4.78, 5) is 11.0. The summed E-state index contributed by atoms with van der Waals surface area (Å²) < 4.78 is 11.4. The van der Waals surface area contributed by atoms with Gasteiger partial charge >= 0.3 is 5.97 Å². The third-order valence-corrected chi connectivity index (χ3v) is 4.65. The van der Waals surface area contributed by atoms with Crippen molar-refractivity contribution in [3.8, 4) is 0 Å². The fraction of sp³-hybridized carbons (Fsp3) is 0.923. The van der Waals surface area contributed by atoms with Crippen LogP contribution >= 0.6 is 0 Å². The van der Waals surface area contributed by atoms with E-state index in [2.05, 4.69) is 5.32 Å². The van der Waals surface area contributed by atoms with Crippen molar-refractivity contribution in [1.29, 1.82) is 0 Å². The molecule has 0 bridgehead atoms. The van der Waals surface area contributed by atoms with Crippen LogP contribution < -0.4 is 5.32 Å². The van der Waals surface area contributed by atoms with Crippen molar-refractivity contribution in [1.82, 2.24) is 5.32 Å². The number of nitrogens with one attached hydrogen (secondary N) is 1. The topological polar surface area (TPSA) is 67.8 Å². The van der Waals surface area contributed by atoms with Crippen LogP contribution in [0, 0.1) is 5.92 Å². The Bertz CT molecular complexity index is 327. The first-order valence-corrected chi connectivity index (χ1v) is 6.89. The fourth-order valence-electron chi connectivity index (χ4n) is 3.61. The monoisotopic (exact) mass is 255 g/mol. The van der Waals surface area contributed by atoms with Crippen LogP contribution in [0.1, 0.15) is 32.1 Å². The molecule has 102 valence electrons. The van der Waals surface area contributed by atoms with Crippen molar-refractivity contribution in [3.63, 3.8) is 0 Å². The van der Waals surface area contributed by atoms with Gasteiger partial charge in [-0.2, -0.15) is 0 Å².